The van der Waals surface area contributed by atoms with Crippen LogP contribution < -0.4 is 0 Å². The molecule has 0 aliphatic rings. The van der Waals surface area contributed by atoms with Crippen molar-refractivity contribution in [3.8, 4) is 0 Å². The fourth-order valence-electron chi connectivity index (χ4n) is 3.65. The van der Waals surface area contributed by atoms with Crippen LogP contribution in [0.5, 0.6) is 0 Å². The van der Waals surface area contributed by atoms with Gasteiger partial charge in [-0.05, 0) is 90.5 Å². The van der Waals surface area contributed by atoms with Gasteiger partial charge in [0.2, 0.25) is 0 Å². The van der Waals surface area contributed by atoms with E-state index in [4.69, 9.17) is 0 Å². The number of aryl methyl sites for hydroxylation is 2. The molecule has 2 aromatic carbocycles. The average Bonchev–Trinajstić information content (AvgIpc) is 2.52. The quantitative estimate of drug-likeness (QED) is 0.526. The van der Waals surface area contributed by atoms with Crippen LogP contribution in [0.25, 0.3) is 0 Å². The van der Waals surface area contributed by atoms with Crippen LogP contribution in [0.4, 0.5) is 0 Å². The minimum atomic E-state index is 0.169. The molecule has 0 unspecified atom stereocenters. The maximum atomic E-state index is 2.38. The number of rotatable bonds is 4. The largest absolute Gasteiger partial charge is 0.0895 e. The van der Waals surface area contributed by atoms with E-state index in [1.54, 1.807) is 0 Å². The first-order valence-corrected chi connectivity index (χ1v) is 10.6. The predicted molar refractivity (Wildman–Crippen MR) is 118 cm³/mol. The van der Waals surface area contributed by atoms with Crippen LogP contribution in [0.3, 0.4) is 0 Å². The van der Waals surface area contributed by atoms with Gasteiger partial charge in [-0.15, -0.1) is 0 Å². The van der Waals surface area contributed by atoms with Crippen LogP contribution >= 0.6 is 11.8 Å². The highest BCUT2D eigenvalue weighted by atomic mass is 32.2. The van der Waals surface area contributed by atoms with Gasteiger partial charge in [0, 0.05) is 9.79 Å². The lowest BCUT2D eigenvalue weighted by Crippen LogP contribution is -2.17. The zero-order valence-electron chi connectivity index (χ0n) is 18.4. The molecule has 0 aromatic heterocycles. The van der Waals surface area contributed by atoms with Gasteiger partial charge in [-0.25, -0.2) is 0 Å². The third-order valence-corrected chi connectivity index (χ3v) is 6.94. The van der Waals surface area contributed by atoms with Gasteiger partial charge in [-0.1, -0.05) is 65.4 Å². The van der Waals surface area contributed by atoms with E-state index in [0.29, 0.717) is 0 Å². The van der Waals surface area contributed by atoms with E-state index >= 15 is 0 Å². The van der Waals surface area contributed by atoms with Crippen molar-refractivity contribution in [2.24, 2.45) is 0 Å². The lowest BCUT2D eigenvalue weighted by molar-refractivity contribution is 0.501. The van der Waals surface area contributed by atoms with Gasteiger partial charge in [0.05, 0.1) is 0 Å². The van der Waals surface area contributed by atoms with Crippen molar-refractivity contribution in [2.75, 3.05) is 0 Å². The standard InChI is InChI=1S/C25H36S/c1-11-25(9,10)21-13-17(3)15-23(19(21)5)26-22-14-16(2)12-20(18(22)4)24(6,7)8/h12-15H,11H2,1-10H3. The number of hydrogen-bond acceptors (Lipinski definition) is 1. The van der Waals surface area contributed by atoms with Gasteiger partial charge >= 0.3 is 0 Å². The molecule has 0 aliphatic carbocycles. The van der Waals surface area contributed by atoms with Crippen molar-refractivity contribution < 1.29 is 0 Å². The summed E-state index contributed by atoms with van der Waals surface area (Å²) in [5.41, 5.74) is 8.89. The highest BCUT2D eigenvalue weighted by molar-refractivity contribution is 7.99. The van der Waals surface area contributed by atoms with Crippen molar-refractivity contribution in [2.45, 2.75) is 96.3 Å². The average molecular weight is 369 g/mol. The molecule has 0 fully saturated rings. The van der Waals surface area contributed by atoms with Crippen molar-refractivity contribution >= 4 is 11.8 Å². The zero-order chi connectivity index (χ0) is 19.9. The van der Waals surface area contributed by atoms with E-state index in [0.717, 1.165) is 6.42 Å². The summed E-state index contributed by atoms with van der Waals surface area (Å²) in [6, 6.07) is 9.44. The van der Waals surface area contributed by atoms with E-state index in [-0.39, 0.29) is 10.8 Å². The van der Waals surface area contributed by atoms with E-state index in [9.17, 15) is 0 Å². The maximum absolute atomic E-state index is 2.38. The third-order valence-electron chi connectivity index (χ3n) is 5.65. The van der Waals surface area contributed by atoms with Gasteiger partial charge in [0.15, 0.2) is 0 Å². The summed E-state index contributed by atoms with van der Waals surface area (Å²) in [6.45, 7) is 23.0. The van der Waals surface area contributed by atoms with Crippen molar-refractivity contribution in [3.05, 3.63) is 57.6 Å². The van der Waals surface area contributed by atoms with Crippen molar-refractivity contribution in [3.63, 3.8) is 0 Å². The Morgan fingerprint density at radius 2 is 1.12 bits per heavy atom. The number of benzene rings is 2. The minimum absolute atomic E-state index is 0.169. The molecule has 0 N–H and O–H groups in total. The first-order chi connectivity index (χ1) is 11.9. The Bertz CT molecular complexity index is 804. The van der Waals surface area contributed by atoms with Crippen molar-refractivity contribution in [1.82, 2.24) is 0 Å². The summed E-state index contributed by atoms with van der Waals surface area (Å²) >= 11 is 1.94. The van der Waals surface area contributed by atoms with Gasteiger partial charge in [-0.3, -0.25) is 0 Å². The Hall–Kier alpha value is -1.21. The molecule has 0 saturated carbocycles. The lowest BCUT2D eigenvalue weighted by Gasteiger charge is -2.28. The van der Waals surface area contributed by atoms with E-state index in [1.807, 2.05) is 11.8 Å². The molecule has 1 heteroatoms. The SMILES string of the molecule is CCC(C)(C)c1cc(C)cc(Sc2cc(C)cc(C(C)(C)C)c2C)c1C. The zero-order valence-corrected chi connectivity index (χ0v) is 19.2. The molecule has 0 bridgehead atoms. The van der Waals surface area contributed by atoms with Gasteiger partial charge in [0.1, 0.15) is 0 Å². The molecule has 0 radical (unpaired) electrons. The Balaban J connectivity index is 2.59. The second-order valence-corrected chi connectivity index (χ2v) is 10.5. The monoisotopic (exact) mass is 368 g/mol. The first-order valence-electron chi connectivity index (χ1n) is 9.78. The van der Waals surface area contributed by atoms with Crippen LogP contribution in [0.15, 0.2) is 34.1 Å². The molecular formula is C25H36S. The second-order valence-electron chi connectivity index (χ2n) is 9.46. The topological polar surface area (TPSA) is 0 Å². The Kier molecular flexibility index (Phi) is 6.03. The van der Waals surface area contributed by atoms with Gasteiger partial charge < -0.3 is 0 Å². The minimum Gasteiger partial charge on any atom is -0.0895 e. The Morgan fingerprint density at radius 3 is 1.54 bits per heavy atom. The third kappa shape index (κ3) is 4.36. The molecule has 0 saturated heterocycles. The molecule has 2 aromatic rings. The summed E-state index contributed by atoms with van der Waals surface area (Å²) in [7, 11) is 0. The first kappa shape index (κ1) is 21.1. The lowest BCUT2D eigenvalue weighted by atomic mass is 9.79. The summed E-state index contributed by atoms with van der Waals surface area (Å²) < 4.78 is 0. The Morgan fingerprint density at radius 1 is 0.692 bits per heavy atom. The smallest absolute Gasteiger partial charge is 0.0157 e. The Labute approximate surface area is 165 Å². The highest BCUT2D eigenvalue weighted by Crippen LogP contribution is 2.41. The summed E-state index contributed by atoms with van der Waals surface area (Å²) in [4.78, 5) is 2.79. The number of hydrogen-bond donors (Lipinski definition) is 0. The molecular weight excluding hydrogens is 332 g/mol. The molecule has 142 valence electrons. The highest BCUT2D eigenvalue weighted by Gasteiger charge is 2.23. The fraction of sp³-hybridized carbons (Fsp3) is 0.520. The molecule has 0 atom stereocenters. The van der Waals surface area contributed by atoms with E-state index < -0.39 is 0 Å². The molecule has 0 aliphatic heterocycles. The van der Waals surface area contributed by atoms with Crippen LogP contribution in [0.2, 0.25) is 0 Å². The van der Waals surface area contributed by atoms with Crippen LogP contribution in [0, 0.1) is 27.7 Å². The van der Waals surface area contributed by atoms with E-state index in [1.165, 1.54) is 43.2 Å². The van der Waals surface area contributed by atoms with Gasteiger partial charge in [-0.2, -0.15) is 0 Å². The van der Waals surface area contributed by atoms with Gasteiger partial charge in [0.25, 0.3) is 0 Å². The molecule has 26 heavy (non-hydrogen) atoms. The molecule has 0 amide bonds. The summed E-state index contributed by atoms with van der Waals surface area (Å²) in [5, 5.41) is 0. The molecule has 0 heterocycles. The van der Waals surface area contributed by atoms with Crippen LogP contribution in [-0.2, 0) is 10.8 Å². The normalized spacial score (nSPS) is 12.5. The molecule has 2 rings (SSSR count). The molecule has 0 nitrogen and oxygen atoms in total. The summed E-state index contributed by atoms with van der Waals surface area (Å²) in [6.07, 6.45) is 1.15. The second kappa shape index (κ2) is 7.43. The maximum Gasteiger partial charge on any atom is 0.0157 e. The predicted octanol–water partition coefficient (Wildman–Crippen LogP) is 8.06. The van der Waals surface area contributed by atoms with Crippen molar-refractivity contribution in [1.29, 1.82) is 0 Å². The van der Waals surface area contributed by atoms with Crippen LogP contribution in [0.1, 0.15) is 81.3 Å². The summed E-state index contributed by atoms with van der Waals surface area (Å²) in [5.74, 6) is 0. The van der Waals surface area contributed by atoms with E-state index in [2.05, 4.69) is 93.5 Å². The fourth-order valence-corrected chi connectivity index (χ4v) is 4.91. The molecule has 0 spiro atoms. The van der Waals surface area contributed by atoms with Crippen LogP contribution in [-0.4, -0.2) is 0 Å².